The molecule has 1 unspecified atom stereocenters. The Hall–Kier alpha value is -1.28. The molecule has 0 aliphatic heterocycles. The number of amides is 1. The van der Waals surface area contributed by atoms with Gasteiger partial charge < -0.3 is 10.4 Å². The number of nitrogens with one attached hydrogen (secondary N) is 1. The second-order valence-electron chi connectivity index (χ2n) is 3.33. The van der Waals surface area contributed by atoms with Crippen LogP contribution in [0.1, 0.15) is 0 Å². The smallest absolute Gasteiger partial charge is 0.382 e. The third kappa shape index (κ3) is 5.37. The Balaban J connectivity index is 2.27. The van der Waals surface area contributed by atoms with Gasteiger partial charge in [-0.1, -0.05) is 0 Å². The van der Waals surface area contributed by atoms with Crippen LogP contribution in [-0.4, -0.2) is 40.6 Å². The molecular weight excluding hydrogens is 269 g/mol. The van der Waals surface area contributed by atoms with Crippen molar-refractivity contribution in [3.05, 3.63) is 24.5 Å². The summed E-state index contributed by atoms with van der Waals surface area (Å²) in [7, 11) is 0. The van der Waals surface area contributed by atoms with Crippen molar-refractivity contribution < 1.29 is 23.1 Å². The van der Waals surface area contributed by atoms with E-state index in [1.54, 1.807) is 24.5 Å². The van der Waals surface area contributed by atoms with Crippen LogP contribution in [0.3, 0.4) is 0 Å². The summed E-state index contributed by atoms with van der Waals surface area (Å²) < 4.78 is 35.8. The van der Waals surface area contributed by atoms with E-state index in [4.69, 9.17) is 5.11 Å². The zero-order valence-corrected chi connectivity index (χ0v) is 9.96. The van der Waals surface area contributed by atoms with Gasteiger partial charge in [0.25, 0.3) is 0 Å². The van der Waals surface area contributed by atoms with Gasteiger partial charge >= 0.3 is 6.18 Å². The lowest BCUT2D eigenvalue weighted by atomic mass is 10.3. The summed E-state index contributed by atoms with van der Waals surface area (Å²) in [4.78, 5) is 15.8. The van der Waals surface area contributed by atoms with Gasteiger partial charge in [0.05, 0.1) is 12.3 Å². The fourth-order valence-corrected chi connectivity index (χ4v) is 1.67. The van der Waals surface area contributed by atoms with Crippen LogP contribution in [0.4, 0.5) is 13.2 Å². The highest BCUT2D eigenvalue weighted by molar-refractivity contribution is 8.00. The number of aliphatic hydroxyl groups is 1. The van der Waals surface area contributed by atoms with E-state index in [1.807, 2.05) is 5.32 Å². The molecule has 0 saturated carbocycles. The molecular formula is C10H11F3N2O2S. The van der Waals surface area contributed by atoms with Gasteiger partial charge in [0, 0.05) is 17.3 Å². The molecule has 1 aromatic heterocycles. The Morgan fingerprint density at radius 2 is 2.06 bits per heavy atom. The van der Waals surface area contributed by atoms with Crippen molar-refractivity contribution in [2.45, 2.75) is 17.2 Å². The van der Waals surface area contributed by atoms with Gasteiger partial charge in [-0.3, -0.25) is 9.78 Å². The molecule has 1 amide bonds. The summed E-state index contributed by atoms with van der Waals surface area (Å²) in [5.41, 5.74) is 0. The van der Waals surface area contributed by atoms with Crippen LogP contribution in [0.2, 0.25) is 0 Å². The summed E-state index contributed by atoms with van der Waals surface area (Å²) in [6, 6.07) is 3.37. The monoisotopic (exact) mass is 280 g/mol. The number of hydrogen-bond acceptors (Lipinski definition) is 4. The average Bonchev–Trinajstić information content (AvgIpc) is 2.33. The van der Waals surface area contributed by atoms with Crippen molar-refractivity contribution in [1.82, 2.24) is 10.3 Å². The normalized spacial score (nSPS) is 13.1. The molecule has 0 fully saturated rings. The van der Waals surface area contributed by atoms with E-state index in [0.717, 1.165) is 4.90 Å². The number of nitrogens with zero attached hydrogens (tertiary/aromatic N) is 1. The van der Waals surface area contributed by atoms with Crippen LogP contribution in [0.5, 0.6) is 0 Å². The van der Waals surface area contributed by atoms with Gasteiger partial charge in [0.1, 0.15) is 0 Å². The summed E-state index contributed by atoms with van der Waals surface area (Å²) in [6.45, 7) is -0.834. The molecule has 1 rings (SSSR count). The fourth-order valence-electron chi connectivity index (χ4n) is 0.961. The van der Waals surface area contributed by atoms with E-state index in [2.05, 4.69) is 4.98 Å². The zero-order valence-electron chi connectivity index (χ0n) is 9.15. The molecule has 0 aromatic carbocycles. The first-order valence-electron chi connectivity index (χ1n) is 4.94. The first kappa shape index (κ1) is 14.8. The summed E-state index contributed by atoms with van der Waals surface area (Å²) in [5, 5.41) is 10.7. The van der Waals surface area contributed by atoms with E-state index in [1.165, 1.54) is 11.8 Å². The van der Waals surface area contributed by atoms with Crippen molar-refractivity contribution in [1.29, 1.82) is 0 Å². The van der Waals surface area contributed by atoms with Crippen LogP contribution in [0.25, 0.3) is 0 Å². The molecule has 100 valence electrons. The molecule has 0 aliphatic rings. The van der Waals surface area contributed by atoms with Gasteiger partial charge in [-0.05, 0) is 12.1 Å². The summed E-state index contributed by atoms with van der Waals surface area (Å²) in [5.74, 6) is -0.589. The maximum atomic E-state index is 11.9. The van der Waals surface area contributed by atoms with Crippen molar-refractivity contribution in [2.24, 2.45) is 0 Å². The molecule has 2 N–H and O–H groups in total. The molecule has 4 nitrogen and oxygen atoms in total. The van der Waals surface area contributed by atoms with Gasteiger partial charge in [0.2, 0.25) is 5.91 Å². The number of aliphatic hydroxyl groups excluding tert-OH is 1. The van der Waals surface area contributed by atoms with Crippen LogP contribution >= 0.6 is 11.8 Å². The van der Waals surface area contributed by atoms with Crippen LogP contribution < -0.4 is 5.32 Å². The number of carbonyl (C=O) groups excluding carboxylic acids is 1. The predicted molar refractivity (Wildman–Crippen MR) is 60.0 cm³/mol. The highest BCUT2D eigenvalue weighted by atomic mass is 32.2. The lowest BCUT2D eigenvalue weighted by Crippen LogP contribution is -2.41. The predicted octanol–water partition coefficient (Wildman–Crippen LogP) is 1.21. The highest BCUT2D eigenvalue weighted by Gasteiger charge is 2.38. The van der Waals surface area contributed by atoms with E-state index < -0.39 is 24.7 Å². The number of pyridine rings is 1. The number of thioether (sulfide) groups is 1. The standard InChI is InChI=1S/C10H11F3N2O2S/c11-10(12,13)8(16)5-15-9(17)6-18-7-1-3-14-4-2-7/h1-4,8,16H,5-6H2,(H,15,17). The third-order valence-corrected chi connectivity index (χ3v) is 2.90. The van der Waals surface area contributed by atoms with Crippen molar-refractivity contribution in [2.75, 3.05) is 12.3 Å². The van der Waals surface area contributed by atoms with Crippen molar-refractivity contribution >= 4 is 17.7 Å². The lowest BCUT2D eigenvalue weighted by molar-refractivity contribution is -0.201. The van der Waals surface area contributed by atoms with Gasteiger partial charge in [0.15, 0.2) is 6.10 Å². The third-order valence-electron chi connectivity index (χ3n) is 1.89. The van der Waals surface area contributed by atoms with Gasteiger partial charge in [-0.15, -0.1) is 11.8 Å². The number of rotatable bonds is 5. The number of hydrogen-bond donors (Lipinski definition) is 2. The highest BCUT2D eigenvalue weighted by Crippen LogP contribution is 2.19. The SMILES string of the molecule is O=C(CSc1ccncc1)NCC(O)C(F)(F)F. The minimum atomic E-state index is -4.72. The molecule has 8 heteroatoms. The van der Waals surface area contributed by atoms with E-state index in [0.29, 0.717) is 0 Å². The molecule has 1 aromatic rings. The molecule has 0 radical (unpaired) electrons. The molecule has 0 saturated heterocycles. The first-order valence-corrected chi connectivity index (χ1v) is 5.92. The van der Waals surface area contributed by atoms with E-state index >= 15 is 0 Å². The molecule has 1 heterocycles. The van der Waals surface area contributed by atoms with Crippen molar-refractivity contribution in [3.8, 4) is 0 Å². The lowest BCUT2D eigenvalue weighted by Gasteiger charge is -2.14. The second-order valence-corrected chi connectivity index (χ2v) is 4.38. The van der Waals surface area contributed by atoms with Crippen LogP contribution in [-0.2, 0) is 4.79 Å². The fraction of sp³-hybridized carbons (Fsp3) is 0.400. The zero-order chi connectivity index (χ0) is 13.6. The van der Waals surface area contributed by atoms with Gasteiger partial charge in [-0.25, -0.2) is 0 Å². The number of aromatic nitrogens is 1. The molecule has 18 heavy (non-hydrogen) atoms. The average molecular weight is 280 g/mol. The van der Waals surface area contributed by atoms with Crippen molar-refractivity contribution in [3.63, 3.8) is 0 Å². The Morgan fingerprint density at radius 1 is 1.44 bits per heavy atom. The second kappa shape index (κ2) is 6.60. The Labute approximate surface area is 106 Å². The number of alkyl halides is 3. The van der Waals surface area contributed by atoms with E-state index in [9.17, 15) is 18.0 Å². The Kier molecular flexibility index (Phi) is 5.42. The molecule has 0 aliphatic carbocycles. The molecule has 0 spiro atoms. The quantitative estimate of drug-likeness (QED) is 0.796. The number of halogens is 3. The summed E-state index contributed by atoms with van der Waals surface area (Å²) >= 11 is 1.17. The summed E-state index contributed by atoms with van der Waals surface area (Å²) in [6.07, 6.45) is -4.15. The Morgan fingerprint density at radius 3 is 2.61 bits per heavy atom. The van der Waals surface area contributed by atoms with Crippen LogP contribution in [0.15, 0.2) is 29.4 Å². The molecule has 0 bridgehead atoms. The Bertz CT molecular complexity index is 386. The maximum Gasteiger partial charge on any atom is 0.416 e. The minimum absolute atomic E-state index is 0.0193. The largest absolute Gasteiger partial charge is 0.416 e. The maximum absolute atomic E-state index is 11.9. The molecule has 1 atom stereocenters. The van der Waals surface area contributed by atoms with Gasteiger partial charge in [-0.2, -0.15) is 13.2 Å². The van der Waals surface area contributed by atoms with Crippen LogP contribution in [0, 0.1) is 0 Å². The first-order chi connectivity index (χ1) is 8.39. The minimum Gasteiger partial charge on any atom is -0.382 e. The van der Waals surface area contributed by atoms with E-state index in [-0.39, 0.29) is 5.75 Å². The topological polar surface area (TPSA) is 62.2 Å². The number of carbonyl (C=O) groups is 1.